The number of amides is 2. The van der Waals surface area contributed by atoms with Crippen LogP contribution in [-0.2, 0) is 9.59 Å². The van der Waals surface area contributed by atoms with Crippen molar-refractivity contribution in [2.24, 2.45) is 0 Å². The SMILES string of the molecule is CCOc1cc([N+](=O)[O-])ccc1NC(=O)[C@@H]1CC(=O)Nc2nc(Nc3cc(Cl)cc(Cl)c3)[nH]c(=O)c21. The minimum atomic E-state index is -1.18. The Hall–Kier alpha value is -4.16. The Kier molecular flexibility index (Phi) is 7.08. The fourth-order valence-corrected chi connectivity index (χ4v) is 4.17. The van der Waals surface area contributed by atoms with Crippen LogP contribution in [0.3, 0.4) is 0 Å². The molecule has 4 N–H and O–H groups in total. The van der Waals surface area contributed by atoms with E-state index in [0.717, 1.165) is 0 Å². The molecule has 2 heterocycles. The lowest BCUT2D eigenvalue weighted by Gasteiger charge is -2.24. The van der Waals surface area contributed by atoms with Gasteiger partial charge in [-0.15, -0.1) is 0 Å². The monoisotopic (exact) mass is 532 g/mol. The van der Waals surface area contributed by atoms with Gasteiger partial charge in [-0.3, -0.25) is 29.5 Å². The Morgan fingerprint density at radius 3 is 2.61 bits per heavy atom. The Morgan fingerprint density at radius 2 is 1.94 bits per heavy atom. The number of nitro benzene ring substituents is 1. The van der Waals surface area contributed by atoms with E-state index in [1.54, 1.807) is 19.1 Å². The van der Waals surface area contributed by atoms with Crippen molar-refractivity contribution in [3.8, 4) is 5.75 Å². The summed E-state index contributed by atoms with van der Waals surface area (Å²) in [7, 11) is 0. The number of hydrogen-bond acceptors (Lipinski definition) is 8. The van der Waals surface area contributed by atoms with Crippen molar-refractivity contribution in [2.75, 3.05) is 22.6 Å². The van der Waals surface area contributed by atoms with Gasteiger partial charge in [0.15, 0.2) is 0 Å². The fraction of sp³-hybridized carbons (Fsp3) is 0.182. The zero-order valence-corrected chi connectivity index (χ0v) is 20.1. The van der Waals surface area contributed by atoms with E-state index in [1.807, 2.05) is 0 Å². The number of rotatable bonds is 7. The largest absolute Gasteiger partial charge is 0.491 e. The number of benzene rings is 2. The Morgan fingerprint density at radius 1 is 1.22 bits per heavy atom. The van der Waals surface area contributed by atoms with Gasteiger partial charge in [0.1, 0.15) is 11.6 Å². The van der Waals surface area contributed by atoms with Gasteiger partial charge in [-0.05, 0) is 31.2 Å². The van der Waals surface area contributed by atoms with Gasteiger partial charge in [0.2, 0.25) is 17.8 Å². The molecule has 2 amide bonds. The van der Waals surface area contributed by atoms with Gasteiger partial charge < -0.3 is 20.7 Å². The minimum Gasteiger partial charge on any atom is -0.491 e. The molecule has 0 fully saturated rings. The van der Waals surface area contributed by atoms with Crippen LogP contribution in [0.2, 0.25) is 10.0 Å². The molecule has 1 aliphatic heterocycles. The van der Waals surface area contributed by atoms with Crippen molar-refractivity contribution in [2.45, 2.75) is 19.3 Å². The van der Waals surface area contributed by atoms with E-state index in [1.165, 1.54) is 24.3 Å². The number of halogens is 2. The maximum absolute atomic E-state index is 13.1. The lowest BCUT2D eigenvalue weighted by Crippen LogP contribution is -2.36. The van der Waals surface area contributed by atoms with Gasteiger partial charge in [0.25, 0.3) is 11.2 Å². The zero-order chi connectivity index (χ0) is 26.0. The van der Waals surface area contributed by atoms with Gasteiger partial charge in [-0.1, -0.05) is 23.2 Å². The number of ether oxygens (including phenoxy) is 1. The molecule has 36 heavy (non-hydrogen) atoms. The predicted octanol–water partition coefficient (Wildman–Crippen LogP) is 4.19. The molecule has 14 heteroatoms. The normalized spacial score (nSPS) is 14.4. The number of non-ortho nitro benzene ring substituents is 1. The predicted molar refractivity (Wildman–Crippen MR) is 133 cm³/mol. The fourth-order valence-electron chi connectivity index (χ4n) is 3.64. The Labute approximate surface area is 213 Å². The van der Waals surface area contributed by atoms with E-state index in [4.69, 9.17) is 27.9 Å². The average Bonchev–Trinajstić information content (AvgIpc) is 2.78. The summed E-state index contributed by atoms with van der Waals surface area (Å²) in [5.74, 6) is -2.40. The van der Waals surface area contributed by atoms with Gasteiger partial charge in [-0.25, -0.2) is 0 Å². The maximum Gasteiger partial charge on any atom is 0.273 e. The van der Waals surface area contributed by atoms with Crippen LogP contribution in [-0.4, -0.2) is 33.3 Å². The number of hydrogen-bond donors (Lipinski definition) is 4. The first-order valence-corrected chi connectivity index (χ1v) is 11.3. The first-order valence-electron chi connectivity index (χ1n) is 10.5. The molecule has 0 aliphatic carbocycles. The number of H-pyrrole nitrogens is 1. The highest BCUT2D eigenvalue weighted by Gasteiger charge is 2.35. The second-order valence-electron chi connectivity index (χ2n) is 7.62. The molecule has 0 saturated carbocycles. The van der Waals surface area contributed by atoms with E-state index in [2.05, 4.69) is 25.9 Å². The van der Waals surface area contributed by atoms with E-state index < -0.39 is 28.2 Å². The molecule has 0 spiro atoms. The molecule has 0 unspecified atom stereocenters. The number of anilines is 4. The van der Waals surface area contributed by atoms with Gasteiger partial charge in [-0.2, -0.15) is 4.98 Å². The lowest BCUT2D eigenvalue weighted by molar-refractivity contribution is -0.384. The Bertz CT molecular complexity index is 1420. The molecule has 4 rings (SSSR count). The molecule has 12 nitrogen and oxygen atoms in total. The van der Waals surface area contributed by atoms with E-state index in [0.29, 0.717) is 15.7 Å². The summed E-state index contributed by atoms with van der Waals surface area (Å²) in [6.45, 7) is 1.87. The number of nitrogens with zero attached hydrogens (tertiary/aromatic N) is 2. The third-order valence-electron chi connectivity index (χ3n) is 5.13. The number of nitrogens with one attached hydrogen (secondary N) is 4. The highest BCUT2D eigenvalue weighted by molar-refractivity contribution is 6.35. The molecule has 186 valence electrons. The van der Waals surface area contributed by atoms with Crippen LogP contribution < -0.4 is 26.2 Å². The van der Waals surface area contributed by atoms with Crippen LogP contribution in [0.15, 0.2) is 41.2 Å². The van der Waals surface area contributed by atoms with E-state index >= 15 is 0 Å². The molecule has 1 aliphatic rings. The number of nitro groups is 1. The summed E-state index contributed by atoms with van der Waals surface area (Å²) < 4.78 is 5.41. The summed E-state index contributed by atoms with van der Waals surface area (Å²) in [5, 5.41) is 19.7. The average molecular weight is 533 g/mol. The van der Waals surface area contributed by atoms with Crippen LogP contribution in [0.5, 0.6) is 5.75 Å². The topological polar surface area (TPSA) is 168 Å². The number of aromatic nitrogens is 2. The van der Waals surface area contributed by atoms with Crippen LogP contribution in [0.1, 0.15) is 24.8 Å². The minimum absolute atomic E-state index is 0.00700. The molecule has 2 aromatic carbocycles. The summed E-state index contributed by atoms with van der Waals surface area (Å²) >= 11 is 12.0. The summed E-state index contributed by atoms with van der Waals surface area (Å²) in [6, 6.07) is 8.34. The van der Waals surface area contributed by atoms with Crippen molar-refractivity contribution in [3.63, 3.8) is 0 Å². The molecular weight excluding hydrogens is 515 g/mol. The second-order valence-corrected chi connectivity index (χ2v) is 8.50. The van der Waals surface area contributed by atoms with Crippen LogP contribution in [0.25, 0.3) is 0 Å². The first kappa shape index (κ1) is 24.9. The summed E-state index contributed by atoms with van der Waals surface area (Å²) in [6.07, 6.45) is -0.308. The van der Waals surface area contributed by atoms with Crippen LogP contribution in [0.4, 0.5) is 28.8 Å². The van der Waals surface area contributed by atoms with Crippen molar-refractivity contribution >= 4 is 63.8 Å². The van der Waals surface area contributed by atoms with Crippen molar-refractivity contribution < 1.29 is 19.2 Å². The van der Waals surface area contributed by atoms with E-state index in [-0.39, 0.29) is 47.5 Å². The molecule has 0 bridgehead atoms. The zero-order valence-electron chi connectivity index (χ0n) is 18.6. The van der Waals surface area contributed by atoms with Gasteiger partial charge in [0.05, 0.1) is 34.8 Å². The van der Waals surface area contributed by atoms with Crippen molar-refractivity contribution in [3.05, 3.63) is 72.5 Å². The molecule has 3 aromatic rings. The van der Waals surface area contributed by atoms with Crippen molar-refractivity contribution in [1.82, 2.24) is 9.97 Å². The summed E-state index contributed by atoms with van der Waals surface area (Å²) in [4.78, 5) is 55.7. The quantitative estimate of drug-likeness (QED) is 0.259. The number of fused-ring (bicyclic) bond motifs is 1. The smallest absolute Gasteiger partial charge is 0.273 e. The second kappa shape index (κ2) is 10.2. The highest BCUT2D eigenvalue weighted by Crippen LogP contribution is 2.34. The molecular formula is C22H18Cl2N6O6. The van der Waals surface area contributed by atoms with Crippen molar-refractivity contribution in [1.29, 1.82) is 0 Å². The number of carbonyl (C=O) groups excluding carboxylic acids is 2. The molecule has 1 atom stereocenters. The Balaban J connectivity index is 1.64. The summed E-state index contributed by atoms with van der Waals surface area (Å²) in [5.41, 5.74) is -0.319. The third-order valence-corrected chi connectivity index (χ3v) is 5.56. The molecule has 1 aromatic heterocycles. The van der Waals surface area contributed by atoms with Gasteiger partial charge >= 0.3 is 0 Å². The molecule has 0 radical (unpaired) electrons. The highest BCUT2D eigenvalue weighted by atomic mass is 35.5. The van der Waals surface area contributed by atoms with Gasteiger partial charge in [0, 0.05) is 28.2 Å². The van der Waals surface area contributed by atoms with Crippen LogP contribution >= 0.6 is 23.2 Å². The first-order chi connectivity index (χ1) is 17.1. The number of carbonyl (C=O) groups is 2. The number of aromatic amines is 1. The van der Waals surface area contributed by atoms with Crippen LogP contribution in [0, 0.1) is 10.1 Å². The standard InChI is InChI=1S/C22H18Cl2N6O6/c1-2-36-16-8-13(30(34)35)3-4-15(16)26-20(32)14-9-17(31)27-19-18(14)21(33)29-22(28-19)25-12-6-10(23)5-11(24)7-12/h3-8,14H,2,9H2,1H3,(H,26,32)(H3,25,27,28,29,31,33)/t14-/m1/s1. The molecule has 0 saturated heterocycles. The lowest BCUT2D eigenvalue weighted by atomic mass is 9.92. The third kappa shape index (κ3) is 5.39. The maximum atomic E-state index is 13.1. The van der Waals surface area contributed by atoms with E-state index in [9.17, 15) is 24.5 Å².